The lowest BCUT2D eigenvalue weighted by atomic mass is 9.98. The van der Waals surface area contributed by atoms with E-state index in [9.17, 15) is 4.79 Å². The van der Waals surface area contributed by atoms with Gasteiger partial charge >= 0.3 is 0 Å². The van der Waals surface area contributed by atoms with Gasteiger partial charge in [-0.2, -0.15) is 0 Å². The van der Waals surface area contributed by atoms with Crippen LogP contribution in [-0.2, 0) is 17.6 Å². The van der Waals surface area contributed by atoms with Crippen LogP contribution in [0.25, 0.3) is 0 Å². The molecule has 1 aliphatic heterocycles. The number of nitrogens with zero attached hydrogens (tertiary/aromatic N) is 2. The third-order valence-electron chi connectivity index (χ3n) is 4.72. The molecular formula is C19H27Cl2N3OS. The summed E-state index contributed by atoms with van der Waals surface area (Å²) in [5, 5.41) is 3.34. The van der Waals surface area contributed by atoms with Crippen LogP contribution in [0.4, 0.5) is 5.69 Å². The molecule has 0 bridgehead atoms. The summed E-state index contributed by atoms with van der Waals surface area (Å²) in [5.74, 6) is 0.630. The summed E-state index contributed by atoms with van der Waals surface area (Å²) in [5.41, 5.74) is 8.97. The van der Waals surface area contributed by atoms with Crippen molar-refractivity contribution in [3.63, 3.8) is 0 Å². The van der Waals surface area contributed by atoms with Gasteiger partial charge in [-0.25, -0.2) is 4.98 Å². The summed E-state index contributed by atoms with van der Waals surface area (Å²) in [6.07, 6.45) is 4.41. The minimum absolute atomic E-state index is 0. The van der Waals surface area contributed by atoms with Crippen molar-refractivity contribution in [2.45, 2.75) is 44.9 Å². The summed E-state index contributed by atoms with van der Waals surface area (Å²) in [6, 6.07) is 7.79. The van der Waals surface area contributed by atoms with Crippen molar-refractivity contribution in [1.82, 2.24) is 9.88 Å². The number of nitrogen functional groups attached to an aromatic ring is 1. The summed E-state index contributed by atoms with van der Waals surface area (Å²) < 4.78 is 0. The Balaban J connectivity index is 0.00000169. The van der Waals surface area contributed by atoms with Crippen LogP contribution < -0.4 is 5.73 Å². The average Bonchev–Trinajstić information content (AvgIpc) is 3.10. The fraction of sp³-hybridized carbons (Fsp3) is 0.474. The molecule has 0 spiro atoms. The monoisotopic (exact) mass is 415 g/mol. The maximum atomic E-state index is 12.6. The van der Waals surface area contributed by atoms with Gasteiger partial charge in [-0.15, -0.1) is 36.2 Å². The molecule has 2 N–H and O–H groups in total. The number of para-hydroxylation sites is 1. The molecule has 1 unspecified atom stereocenters. The number of rotatable bonds is 5. The molecule has 1 amide bonds. The van der Waals surface area contributed by atoms with Crippen LogP contribution in [0.1, 0.15) is 48.4 Å². The summed E-state index contributed by atoms with van der Waals surface area (Å²) in [7, 11) is 0. The van der Waals surface area contributed by atoms with Crippen molar-refractivity contribution in [2.75, 3.05) is 18.8 Å². The van der Waals surface area contributed by atoms with E-state index < -0.39 is 0 Å². The Hall–Kier alpha value is -1.30. The number of carbonyl (C=O) groups excluding carboxylic acids is 1. The standard InChI is InChI=1S/C19H25N3OS.2ClH/c1-2-16-13-24-19(21-16)15-7-5-11-22(12-15)18(23)10-9-14-6-3-4-8-17(14)20;;/h3-4,6,8,13,15H,2,5,7,9-12,20H2,1H3;2*1H. The van der Waals surface area contributed by atoms with Crippen LogP contribution in [0.2, 0.25) is 0 Å². The van der Waals surface area contributed by atoms with E-state index in [4.69, 9.17) is 10.7 Å². The highest BCUT2D eigenvalue weighted by Gasteiger charge is 2.26. The molecule has 1 aromatic carbocycles. The minimum Gasteiger partial charge on any atom is -0.399 e. The van der Waals surface area contributed by atoms with Crippen molar-refractivity contribution in [3.8, 4) is 0 Å². The van der Waals surface area contributed by atoms with E-state index >= 15 is 0 Å². The van der Waals surface area contributed by atoms with Gasteiger partial charge in [0.15, 0.2) is 0 Å². The van der Waals surface area contributed by atoms with Gasteiger partial charge in [0, 0.05) is 36.5 Å². The van der Waals surface area contributed by atoms with E-state index in [1.165, 1.54) is 5.01 Å². The zero-order chi connectivity index (χ0) is 16.9. The minimum atomic E-state index is 0. The van der Waals surface area contributed by atoms with Crippen LogP contribution >= 0.6 is 36.2 Å². The molecule has 2 aromatic rings. The molecule has 3 rings (SSSR count). The quantitative estimate of drug-likeness (QED) is 0.732. The Morgan fingerprint density at radius 3 is 2.81 bits per heavy atom. The Labute approximate surface area is 172 Å². The number of benzene rings is 1. The van der Waals surface area contributed by atoms with Gasteiger partial charge in [0.05, 0.1) is 10.7 Å². The zero-order valence-corrected chi connectivity index (χ0v) is 17.5. The highest BCUT2D eigenvalue weighted by Crippen LogP contribution is 2.29. The third-order valence-corrected chi connectivity index (χ3v) is 5.77. The fourth-order valence-electron chi connectivity index (χ4n) is 3.24. The van der Waals surface area contributed by atoms with E-state index in [1.807, 2.05) is 29.2 Å². The van der Waals surface area contributed by atoms with Crippen LogP contribution in [0, 0.1) is 0 Å². The predicted octanol–water partition coefficient (Wildman–Crippen LogP) is 4.47. The molecule has 7 heteroatoms. The van der Waals surface area contributed by atoms with Gasteiger partial charge < -0.3 is 10.6 Å². The molecule has 4 nitrogen and oxygen atoms in total. The molecule has 1 saturated heterocycles. The molecule has 0 saturated carbocycles. The smallest absolute Gasteiger partial charge is 0.222 e. The Morgan fingerprint density at radius 1 is 1.35 bits per heavy atom. The number of hydrogen-bond donors (Lipinski definition) is 1. The van der Waals surface area contributed by atoms with Gasteiger partial charge in [0.1, 0.15) is 0 Å². The Bertz CT molecular complexity index is 708. The number of piperidine rings is 1. The first-order valence-electron chi connectivity index (χ1n) is 8.72. The number of anilines is 1. The highest BCUT2D eigenvalue weighted by atomic mass is 35.5. The number of aromatic nitrogens is 1. The van der Waals surface area contributed by atoms with Crippen LogP contribution in [0.5, 0.6) is 0 Å². The van der Waals surface area contributed by atoms with Crippen LogP contribution in [-0.4, -0.2) is 28.9 Å². The number of nitrogens with two attached hydrogens (primary N) is 1. The second-order valence-electron chi connectivity index (χ2n) is 6.41. The number of thiazole rings is 1. The fourth-order valence-corrected chi connectivity index (χ4v) is 4.27. The van der Waals surface area contributed by atoms with Gasteiger partial charge in [0.2, 0.25) is 5.91 Å². The van der Waals surface area contributed by atoms with E-state index in [0.29, 0.717) is 18.8 Å². The summed E-state index contributed by atoms with van der Waals surface area (Å²) >= 11 is 1.74. The van der Waals surface area contributed by atoms with E-state index in [1.54, 1.807) is 11.3 Å². The predicted molar refractivity (Wildman–Crippen MR) is 114 cm³/mol. The lowest BCUT2D eigenvalue weighted by Crippen LogP contribution is -2.39. The molecule has 2 heterocycles. The van der Waals surface area contributed by atoms with E-state index in [2.05, 4.69) is 12.3 Å². The first-order chi connectivity index (χ1) is 11.7. The first kappa shape index (κ1) is 22.7. The Morgan fingerprint density at radius 2 is 2.12 bits per heavy atom. The highest BCUT2D eigenvalue weighted by molar-refractivity contribution is 7.09. The molecular weight excluding hydrogens is 389 g/mol. The molecule has 26 heavy (non-hydrogen) atoms. The number of likely N-dealkylation sites (tertiary alicyclic amines) is 1. The molecule has 1 aromatic heterocycles. The SMILES string of the molecule is CCc1csc(C2CCCN(C(=O)CCc3ccccc3N)C2)n1.Cl.Cl. The number of carbonyl (C=O) groups is 1. The van der Waals surface area contributed by atoms with Crippen molar-refractivity contribution < 1.29 is 4.79 Å². The lowest BCUT2D eigenvalue weighted by Gasteiger charge is -2.32. The van der Waals surface area contributed by atoms with E-state index in [0.717, 1.165) is 49.3 Å². The van der Waals surface area contributed by atoms with Gasteiger partial charge in [-0.05, 0) is 37.3 Å². The van der Waals surface area contributed by atoms with Gasteiger partial charge in [-0.1, -0.05) is 25.1 Å². The maximum absolute atomic E-state index is 12.6. The zero-order valence-electron chi connectivity index (χ0n) is 15.0. The number of amides is 1. The van der Waals surface area contributed by atoms with Crippen LogP contribution in [0.3, 0.4) is 0 Å². The summed E-state index contributed by atoms with van der Waals surface area (Å²) in [4.78, 5) is 19.3. The van der Waals surface area contributed by atoms with Gasteiger partial charge in [0.25, 0.3) is 0 Å². The number of aryl methyl sites for hydroxylation is 2. The molecule has 1 aliphatic rings. The second kappa shape index (κ2) is 10.8. The third kappa shape index (κ3) is 5.60. The number of halogens is 2. The molecule has 0 aliphatic carbocycles. The molecule has 1 atom stereocenters. The van der Waals surface area contributed by atoms with Crippen LogP contribution in [0.15, 0.2) is 29.6 Å². The average molecular weight is 416 g/mol. The maximum Gasteiger partial charge on any atom is 0.222 e. The largest absolute Gasteiger partial charge is 0.399 e. The van der Waals surface area contributed by atoms with Crippen molar-refractivity contribution >= 4 is 47.7 Å². The van der Waals surface area contributed by atoms with E-state index in [-0.39, 0.29) is 30.7 Å². The van der Waals surface area contributed by atoms with Crippen molar-refractivity contribution in [3.05, 3.63) is 45.9 Å². The second-order valence-corrected chi connectivity index (χ2v) is 7.30. The molecule has 144 valence electrons. The van der Waals surface area contributed by atoms with Gasteiger partial charge in [-0.3, -0.25) is 4.79 Å². The first-order valence-corrected chi connectivity index (χ1v) is 9.60. The molecule has 1 fully saturated rings. The number of hydrogen-bond acceptors (Lipinski definition) is 4. The summed E-state index contributed by atoms with van der Waals surface area (Å²) in [6.45, 7) is 3.80. The van der Waals surface area contributed by atoms with Crippen molar-refractivity contribution in [1.29, 1.82) is 0 Å². The lowest BCUT2D eigenvalue weighted by molar-refractivity contribution is -0.132. The van der Waals surface area contributed by atoms with Crippen molar-refractivity contribution in [2.24, 2.45) is 0 Å². The normalized spacial score (nSPS) is 16.5. The Kier molecular flexibility index (Phi) is 9.41. The molecule has 0 radical (unpaired) electrons. The topological polar surface area (TPSA) is 59.2 Å².